The first kappa shape index (κ1) is 16.1. The van der Waals surface area contributed by atoms with E-state index in [0.29, 0.717) is 12.0 Å². The highest BCUT2D eigenvalue weighted by atomic mass is 15.5. The predicted octanol–water partition coefficient (Wildman–Crippen LogP) is 2.97. The molecule has 0 radical (unpaired) electrons. The molecule has 2 N–H and O–H groups in total. The lowest BCUT2D eigenvalue weighted by molar-refractivity contribution is 0.334. The van der Waals surface area contributed by atoms with Crippen LogP contribution in [-0.2, 0) is 0 Å². The number of benzene rings is 1. The van der Waals surface area contributed by atoms with Crippen molar-refractivity contribution in [3.63, 3.8) is 0 Å². The smallest absolute Gasteiger partial charge is 0.106 e. The molecule has 2 rings (SSSR count). The van der Waals surface area contributed by atoms with E-state index in [9.17, 15) is 0 Å². The summed E-state index contributed by atoms with van der Waals surface area (Å²) >= 11 is 0. The minimum absolute atomic E-state index is 0.101. The Kier molecular flexibility index (Phi) is 5.33. The molecule has 2 atom stereocenters. The Bertz CT molecular complexity index is 728. The summed E-state index contributed by atoms with van der Waals surface area (Å²) in [5, 5.41) is 23.7. The molecular formula is C18H17N5. The summed E-state index contributed by atoms with van der Waals surface area (Å²) in [6.45, 7) is 3.79. The van der Waals surface area contributed by atoms with Crippen molar-refractivity contribution in [3.05, 3.63) is 72.0 Å². The summed E-state index contributed by atoms with van der Waals surface area (Å²) in [5.41, 5.74) is 8.00. The molecule has 5 nitrogen and oxygen atoms in total. The quantitative estimate of drug-likeness (QED) is 0.514. The van der Waals surface area contributed by atoms with Gasteiger partial charge in [0.1, 0.15) is 12.4 Å². The first-order valence-corrected chi connectivity index (χ1v) is 7.16. The second-order valence-corrected chi connectivity index (χ2v) is 5.00. The molecule has 0 amide bonds. The van der Waals surface area contributed by atoms with Gasteiger partial charge in [0.2, 0.25) is 0 Å². The maximum atomic E-state index is 9.00. The van der Waals surface area contributed by atoms with Gasteiger partial charge in [-0.25, -0.2) is 0 Å². The van der Waals surface area contributed by atoms with E-state index in [0.717, 1.165) is 11.1 Å². The van der Waals surface area contributed by atoms with E-state index in [1.165, 1.54) is 6.34 Å². The SMILES string of the molecule is C=CN(/N=C\N)C(C1=CCC(C#N)C=C1)c1ccc(C#N)cc1. The Balaban J connectivity index is 2.42. The van der Waals surface area contributed by atoms with Crippen LogP contribution < -0.4 is 5.73 Å². The molecule has 1 aliphatic rings. The number of nitriles is 2. The minimum Gasteiger partial charge on any atom is -0.388 e. The van der Waals surface area contributed by atoms with Gasteiger partial charge in [-0.05, 0) is 29.7 Å². The van der Waals surface area contributed by atoms with Crippen LogP contribution in [0, 0.1) is 28.6 Å². The molecule has 0 aliphatic heterocycles. The third kappa shape index (κ3) is 3.66. The van der Waals surface area contributed by atoms with Crippen LogP contribution in [0.25, 0.3) is 0 Å². The lowest BCUT2D eigenvalue weighted by Crippen LogP contribution is -2.21. The molecular weight excluding hydrogens is 286 g/mol. The average Bonchev–Trinajstić information content (AvgIpc) is 2.62. The zero-order valence-corrected chi connectivity index (χ0v) is 12.6. The second kappa shape index (κ2) is 7.63. The van der Waals surface area contributed by atoms with E-state index < -0.39 is 0 Å². The van der Waals surface area contributed by atoms with Gasteiger partial charge in [0.15, 0.2) is 0 Å². The monoisotopic (exact) mass is 303 g/mol. The fourth-order valence-corrected chi connectivity index (χ4v) is 2.47. The van der Waals surface area contributed by atoms with Crippen LogP contribution in [0.3, 0.4) is 0 Å². The van der Waals surface area contributed by atoms with E-state index >= 15 is 0 Å². The van der Waals surface area contributed by atoms with Crippen LogP contribution in [0.4, 0.5) is 0 Å². The van der Waals surface area contributed by atoms with E-state index in [2.05, 4.69) is 23.8 Å². The number of hydrogen-bond donors (Lipinski definition) is 1. The fraction of sp³-hybridized carbons (Fsp3) is 0.167. The van der Waals surface area contributed by atoms with E-state index in [4.69, 9.17) is 16.3 Å². The van der Waals surface area contributed by atoms with Crippen LogP contribution >= 0.6 is 0 Å². The van der Waals surface area contributed by atoms with Crippen molar-refractivity contribution in [2.75, 3.05) is 0 Å². The van der Waals surface area contributed by atoms with Crippen LogP contribution in [0.1, 0.15) is 23.6 Å². The summed E-state index contributed by atoms with van der Waals surface area (Å²) in [7, 11) is 0. The zero-order chi connectivity index (χ0) is 16.7. The van der Waals surface area contributed by atoms with Gasteiger partial charge in [-0.1, -0.05) is 36.9 Å². The molecule has 23 heavy (non-hydrogen) atoms. The number of hydrazone groups is 1. The van der Waals surface area contributed by atoms with Crippen molar-refractivity contribution in [2.45, 2.75) is 12.5 Å². The Morgan fingerprint density at radius 3 is 2.57 bits per heavy atom. The van der Waals surface area contributed by atoms with E-state index in [1.807, 2.05) is 30.4 Å². The molecule has 114 valence electrons. The van der Waals surface area contributed by atoms with Crippen molar-refractivity contribution in [1.82, 2.24) is 5.01 Å². The molecule has 1 aromatic carbocycles. The fourth-order valence-electron chi connectivity index (χ4n) is 2.47. The largest absolute Gasteiger partial charge is 0.388 e. The molecule has 5 heteroatoms. The zero-order valence-electron chi connectivity index (χ0n) is 12.6. The highest BCUT2D eigenvalue weighted by Gasteiger charge is 2.22. The molecule has 2 unspecified atom stereocenters. The van der Waals surface area contributed by atoms with Gasteiger partial charge in [-0.3, -0.25) is 5.01 Å². The lowest BCUT2D eigenvalue weighted by Gasteiger charge is -2.29. The van der Waals surface area contributed by atoms with E-state index in [-0.39, 0.29) is 12.0 Å². The Labute approximate surface area is 135 Å². The van der Waals surface area contributed by atoms with Gasteiger partial charge in [-0.15, -0.1) is 0 Å². The number of hydrogen-bond acceptors (Lipinski definition) is 4. The third-order valence-electron chi connectivity index (χ3n) is 3.62. The third-order valence-corrected chi connectivity index (χ3v) is 3.62. The minimum atomic E-state index is -0.212. The normalized spacial score (nSPS) is 17.8. The van der Waals surface area contributed by atoms with Crippen molar-refractivity contribution < 1.29 is 0 Å². The Morgan fingerprint density at radius 2 is 2.09 bits per heavy atom. The van der Waals surface area contributed by atoms with Crippen molar-refractivity contribution >= 4 is 6.34 Å². The Hall–Kier alpha value is -3.31. The highest BCUT2D eigenvalue weighted by Crippen LogP contribution is 2.33. The van der Waals surface area contributed by atoms with Crippen molar-refractivity contribution in [3.8, 4) is 12.1 Å². The van der Waals surface area contributed by atoms with Crippen LogP contribution in [0.15, 0.2) is 65.9 Å². The van der Waals surface area contributed by atoms with Crippen LogP contribution in [0.2, 0.25) is 0 Å². The topological polar surface area (TPSA) is 89.2 Å². The van der Waals surface area contributed by atoms with E-state index in [1.54, 1.807) is 23.3 Å². The number of rotatable bonds is 5. The van der Waals surface area contributed by atoms with Crippen LogP contribution in [0.5, 0.6) is 0 Å². The maximum absolute atomic E-state index is 9.00. The first-order chi connectivity index (χ1) is 11.2. The molecule has 0 saturated carbocycles. The lowest BCUT2D eigenvalue weighted by atomic mass is 9.90. The van der Waals surface area contributed by atoms with Crippen LogP contribution in [-0.4, -0.2) is 11.3 Å². The van der Waals surface area contributed by atoms with Gasteiger partial charge in [0.25, 0.3) is 0 Å². The molecule has 0 aromatic heterocycles. The highest BCUT2D eigenvalue weighted by molar-refractivity contribution is 5.51. The summed E-state index contributed by atoms with van der Waals surface area (Å²) in [6.07, 6.45) is 9.31. The maximum Gasteiger partial charge on any atom is 0.106 e. The molecule has 0 saturated heterocycles. The predicted molar refractivity (Wildman–Crippen MR) is 89.6 cm³/mol. The summed E-state index contributed by atoms with van der Waals surface area (Å²) in [6, 6.07) is 11.4. The second-order valence-electron chi connectivity index (χ2n) is 5.00. The van der Waals surface area contributed by atoms with Crippen molar-refractivity contribution in [2.24, 2.45) is 16.8 Å². The standard InChI is InChI=1S/C18H17N5/c1-2-23(22-13-21)18(16-7-3-14(11-19)4-8-16)17-9-5-15(12-20)6-10-17/h2-5,7-10,13,15,18H,1,6H2,(H2,21,22). The Morgan fingerprint density at radius 1 is 1.35 bits per heavy atom. The average molecular weight is 303 g/mol. The van der Waals surface area contributed by atoms with Gasteiger partial charge >= 0.3 is 0 Å². The number of nitrogens with zero attached hydrogens (tertiary/aromatic N) is 4. The molecule has 0 fully saturated rings. The summed E-state index contributed by atoms with van der Waals surface area (Å²) < 4.78 is 0. The molecule has 1 aliphatic carbocycles. The summed E-state index contributed by atoms with van der Waals surface area (Å²) in [5.74, 6) is -0.101. The molecule has 0 spiro atoms. The van der Waals surface area contributed by atoms with Gasteiger partial charge in [-0.2, -0.15) is 15.6 Å². The number of nitrogens with two attached hydrogens (primary N) is 1. The molecule has 1 aromatic rings. The van der Waals surface area contributed by atoms with Gasteiger partial charge < -0.3 is 5.73 Å². The van der Waals surface area contributed by atoms with Gasteiger partial charge in [0.05, 0.1) is 23.6 Å². The summed E-state index contributed by atoms with van der Waals surface area (Å²) in [4.78, 5) is 0. The number of allylic oxidation sites excluding steroid dienone is 2. The molecule has 0 heterocycles. The molecule has 0 bridgehead atoms. The van der Waals surface area contributed by atoms with Crippen molar-refractivity contribution in [1.29, 1.82) is 10.5 Å². The van der Waals surface area contributed by atoms with Gasteiger partial charge in [0, 0.05) is 6.20 Å². The first-order valence-electron chi connectivity index (χ1n) is 7.16.